The summed E-state index contributed by atoms with van der Waals surface area (Å²) < 4.78 is 0. The number of aryl methyl sites for hydroxylation is 1. The van der Waals surface area contributed by atoms with Crippen molar-refractivity contribution < 1.29 is 4.79 Å². The molecule has 1 aliphatic rings. The molecule has 0 aromatic heterocycles. The predicted molar refractivity (Wildman–Crippen MR) is 73.0 cm³/mol. The lowest BCUT2D eigenvalue weighted by molar-refractivity contribution is -0.119. The number of nitrogens with zero attached hydrogens (tertiary/aromatic N) is 1. The lowest BCUT2D eigenvalue weighted by Crippen LogP contribution is -2.34. The quantitative estimate of drug-likeness (QED) is 0.884. The van der Waals surface area contributed by atoms with Crippen LogP contribution in [-0.4, -0.2) is 23.9 Å². The molecule has 1 aliphatic heterocycles. The van der Waals surface area contributed by atoms with Gasteiger partial charge in [-0.15, -0.1) is 0 Å². The van der Waals surface area contributed by atoms with E-state index in [2.05, 4.69) is 36.1 Å². The minimum Gasteiger partial charge on any atom is -0.370 e. The third-order valence-electron chi connectivity index (χ3n) is 3.72. The van der Waals surface area contributed by atoms with E-state index in [-0.39, 0.29) is 5.91 Å². The first-order chi connectivity index (χ1) is 8.63. The molecule has 1 aromatic rings. The molecular formula is C15H22N2O. The van der Waals surface area contributed by atoms with Crippen LogP contribution in [0.3, 0.4) is 0 Å². The van der Waals surface area contributed by atoms with Gasteiger partial charge < -0.3 is 5.73 Å². The van der Waals surface area contributed by atoms with E-state index in [1.807, 2.05) is 0 Å². The molecule has 1 heterocycles. The molecular weight excluding hydrogens is 224 g/mol. The largest absolute Gasteiger partial charge is 0.370 e. The Kier molecular flexibility index (Phi) is 4.37. The van der Waals surface area contributed by atoms with Crippen LogP contribution in [-0.2, 0) is 11.3 Å². The molecule has 1 aromatic carbocycles. The van der Waals surface area contributed by atoms with Gasteiger partial charge in [0.1, 0.15) is 0 Å². The zero-order chi connectivity index (χ0) is 13.0. The van der Waals surface area contributed by atoms with E-state index < -0.39 is 0 Å². The molecule has 2 N–H and O–H groups in total. The van der Waals surface area contributed by atoms with Gasteiger partial charge in [-0.3, -0.25) is 9.69 Å². The molecule has 0 bridgehead atoms. The number of carbonyl (C=O) groups excluding carboxylic acids is 1. The molecule has 1 amide bonds. The van der Waals surface area contributed by atoms with Gasteiger partial charge in [-0.2, -0.15) is 0 Å². The maximum absolute atomic E-state index is 10.9. The molecule has 3 heteroatoms. The lowest BCUT2D eigenvalue weighted by atomic mass is 9.93. The number of carbonyl (C=O) groups is 1. The summed E-state index contributed by atoms with van der Waals surface area (Å²) in [6, 6.07) is 8.72. The molecule has 0 atom stereocenters. The fourth-order valence-corrected chi connectivity index (χ4v) is 2.58. The summed E-state index contributed by atoms with van der Waals surface area (Å²) in [4.78, 5) is 13.3. The summed E-state index contributed by atoms with van der Waals surface area (Å²) in [7, 11) is 0. The van der Waals surface area contributed by atoms with Crippen molar-refractivity contribution in [1.29, 1.82) is 0 Å². The van der Waals surface area contributed by atoms with Crippen LogP contribution in [0, 0.1) is 12.8 Å². The Balaban J connectivity index is 1.79. The SMILES string of the molecule is Cc1ccc(CN2CCC(CC(N)=O)CC2)cc1. The molecule has 0 radical (unpaired) electrons. The summed E-state index contributed by atoms with van der Waals surface area (Å²) in [6.45, 7) is 5.28. The van der Waals surface area contributed by atoms with Crippen molar-refractivity contribution in [1.82, 2.24) is 4.90 Å². The molecule has 1 saturated heterocycles. The van der Waals surface area contributed by atoms with E-state index in [4.69, 9.17) is 5.73 Å². The van der Waals surface area contributed by atoms with Gasteiger partial charge >= 0.3 is 0 Å². The number of amides is 1. The number of benzene rings is 1. The Bertz CT molecular complexity index is 391. The van der Waals surface area contributed by atoms with Crippen molar-refractivity contribution in [2.24, 2.45) is 11.7 Å². The Hall–Kier alpha value is -1.35. The fraction of sp³-hybridized carbons (Fsp3) is 0.533. The zero-order valence-corrected chi connectivity index (χ0v) is 11.1. The van der Waals surface area contributed by atoms with Crippen molar-refractivity contribution in [3.63, 3.8) is 0 Å². The van der Waals surface area contributed by atoms with Gasteiger partial charge in [-0.05, 0) is 44.3 Å². The average molecular weight is 246 g/mol. The minimum absolute atomic E-state index is 0.160. The average Bonchev–Trinajstić information content (AvgIpc) is 2.34. The predicted octanol–water partition coefficient (Wildman–Crippen LogP) is 2.08. The van der Waals surface area contributed by atoms with E-state index in [1.54, 1.807) is 0 Å². The molecule has 0 saturated carbocycles. The van der Waals surface area contributed by atoms with E-state index >= 15 is 0 Å². The number of hydrogen-bond donors (Lipinski definition) is 1. The van der Waals surface area contributed by atoms with Crippen molar-refractivity contribution in [2.75, 3.05) is 13.1 Å². The van der Waals surface area contributed by atoms with Gasteiger partial charge in [-0.1, -0.05) is 29.8 Å². The van der Waals surface area contributed by atoms with E-state index in [0.29, 0.717) is 12.3 Å². The van der Waals surface area contributed by atoms with Crippen LogP contribution in [0.4, 0.5) is 0 Å². The number of likely N-dealkylation sites (tertiary alicyclic amines) is 1. The first-order valence-electron chi connectivity index (χ1n) is 6.69. The fourth-order valence-electron chi connectivity index (χ4n) is 2.58. The summed E-state index contributed by atoms with van der Waals surface area (Å²) in [6.07, 6.45) is 2.74. The number of nitrogens with two attached hydrogens (primary N) is 1. The molecule has 1 fully saturated rings. The minimum atomic E-state index is -0.160. The van der Waals surface area contributed by atoms with E-state index in [0.717, 1.165) is 32.5 Å². The molecule has 0 unspecified atom stereocenters. The van der Waals surface area contributed by atoms with Gasteiger partial charge in [0.2, 0.25) is 5.91 Å². The number of primary amides is 1. The maximum Gasteiger partial charge on any atom is 0.217 e. The normalized spacial score (nSPS) is 17.8. The monoisotopic (exact) mass is 246 g/mol. The van der Waals surface area contributed by atoms with Crippen LogP contribution in [0.1, 0.15) is 30.4 Å². The topological polar surface area (TPSA) is 46.3 Å². The molecule has 3 nitrogen and oxygen atoms in total. The summed E-state index contributed by atoms with van der Waals surface area (Å²) >= 11 is 0. The molecule has 0 aliphatic carbocycles. The maximum atomic E-state index is 10.9. The standard InChI is InChI=1S/C15H22N2O/c1-12-2-4-14(5-3-12)11-17-8-6-13(7-9-17)10-15(16)18/h2-5,13H,6-11H2,1H3,(H2,16,18). The van der Waals surface area contributed by atoms with Crippen molar-refractivity contribution in [3.05, 3.63) is 35.4 Å². The second kappa shape index (κ2) is 6.01. The van der Waals surface area contributed by atoms with Crippen molar-refractivity contribution in [2.45, 2.75) is 32.7 Å². The number of rotatable bonds is 4. The smallest absolute Gasteiger partial charge is 0.217 e. The zero-order valence-electron chi connectivity index (χ0n) is 11.1. The Labute approximate surface area is 109 Å². The third kappa shape index (κ3) is 3.84. The van der Waals surface area contributed by atoms with Crippen LogP contribution in [0.25, 0.3) is 0 Å². The Morgan fingerprint density at radius 2 is 1.89 bits per heavy atom. The summed E-state index contributed by atoms with van der Waals surface area (Å²) in [5.74, 6) is 0.337. The van der Waals surface area contributed by atoms with Crippen LogP contribution < -0.4 is 5.73 Å². The van der Waals surface area contributed by atoms with Gasteiger partial charge in [0.15, 0.2) is 0 Å². The Morgan fingerprint density at radius 1 is 1.28 bits per heavy atom. The van der Waals surface area contributed by atoms with E-state index in [9.17, 15) is 4.79 Å². The highest BCUT2D eigenvalue weighted by molar-refractivity contribution is 5.73. The second-order valence-electron chi connectivity index (χ2n) is 5.38. The third-order valence-corrected chi connectivity index (χ3v) is 3.72. The van der Waals surface area contributed by atoms with Crippen LogP contribution in [0.2, 0.25) is 0 Å². The van der Waals surface area contributed by atoms with Gasteiger partial charge in [0.05, 0.1) is 0 Å². The van der Waals surface area contributed by atoms with Crippen LogP contribution in [0.15, 0.2) is 24.3 Å². The Morgan fingerprint density at radius 3 is 2.44 bits per heavy atom. The van der Waals surface area contributed by atoms with Gasteiger partial charge in [-0.25, -0.2) is 0 Å². The first-order valence-corrected chi connectivity index (χ1v) is 6.69. The summed E-state index contributed by atoms with van der Waals surface area (Å²) in [5, 5.41) is 0. The molecule has 18 heavy (non-hydrogen) atoms. The summed E-state index contributed by atoms with van der Waals surface area (Å²) in [5.41, 5.74) is 7.92. The highest BCUT2D eigenvalue weighted by Gasteiger charge is 2.20. The first kappa shape index (κ1) is 13.1. The van der Waals surface area contributed by atoms with Crippen molar-refractivity contribution >= 4 is 5.91 Å². The molecule has 0 spiro atoms. The highest BCUT2D eigenvalue weighted by atomic mass is 16.1. The second-order valence-corrected chi connectivity index (χ2v) is 5.38. The molecule has 2 rings (SSSR count). The highest BCUT2D eigenvalue weighted by Crippen LogP contribution is 2.21. The molecule has 98 valence electrons. The number of piperidine rings is 1. The van der Waals surface area contributed by atoms with Crippen LogP contribution >= 0.6 is 0 Å². The number of hydrogen-bond acceptors (Lipinski definition) is 2. The van der Waals surface area contributed by atoms with Crippen LogP contribution in [0.5, 0.6) is 0 Å². The van der Waals surface area contributed by atoms with Gasteiger partial charge in [0.25, 0.3) is 0 Å². The lowest BCUT2D eigenvalue weighted by Gasteiger charge is -2.31. The van der Waals surface area contributed by atoms with E-state index in [1.165, 1.54) is 11.1 Å². The van der Waals surface area contributed by atoms with Gasteiger partial charge in [0, 0.05) is 13.0 Å². The van der Waals surface area contributed by atoms with Crippen molar-refractivity contribution in [3.8, 4) is 0 Å².